The number of ether oxygens (including phenoxy) is 5. The van der Waals surface area contributed by atoms with Crippen LogP contribution in [-0.4, -0.2) is 86.5 Å². The van der Waals surface area contributed by atoms with Gasteiger partial charge in [0.15, 0.2) is 5.09 Å². The zero-order chi connectivity index (χ0) is 56.9. The van der Waals surface area contributed by atoms with Gasteiger partial charge in [-0.15, -0.1) is 0 Å². The fourth-order valence-corrected chi connectivity index (χ4v) is 9.96. The van der Waals surface area contributed by atoms with Crippen molar-refractivity contribution in [3.8, 4) is 6.07 Å². The van der Waals surface area contributed by atoms with E-state index in [0.29, 0.717) is 18.8 Å². The molecule has 1 N–H and O–H groups in total. The first-order chi connectivity index (χ1) is 36.2. The minimum atomic E-state index is -1.23. The van der Waals surface area contributed by atoms with Crippen molar-refractivity contribution in [3.63, 3.8) is 0 Å². The van der Waals surface area contributed by atoms with Crippen LogP contribution in [0.3, 0.4) is 0 Å². The first-order valence-corrected chi connectivity index (χ1v) is 30.4. The molecule has 0 heterocycles. The Kier molecular flexibility index (Phi) is 43.1. The molecule has 440 valence electrons. The summed E-state index contributed by atoms with van der Waals surface area (Å²) in [4.78, 5) is 74.4. The highest BCUT2D eigenvalue weighted by molar-refractivity contribution is 8.02. The number of hydrogen-bond donors (Lipinski definition) is 1. The van der Waals surface area contributed by atoms with Crippen LogP contribution in [0.2, 0.25) is 0 Å². The van der Waals surface area contributed by atoms with Gasteiger partial charge in [0.25, 0.3) is 0 Å². The SMILES string of the molecule is C=C(OOCC(O)COC(=O)CC(C)(C)CC(C)(CC(C)(C#N)CCC(=O)OCCOC(=O)C(=C)C)C(=O)OCCCCCCCCCCCC)SCC(C)C(=O)OCCCCCCCCCCCCCCCCCC. The third kappa shape index (κ3) is 40.6. The molecule has 0 spiro atoms. The lowest BCUT2D eigenvalue weighted by molar-refractivity contribution is -0.268. The third-order valence-electron chi connectivity index (χ3n) is 13.6. The van der Waals surface area contributed by atoms with Gasteiger partial charge in [0.1, 0.15) is 32.5 Å². The van der Waals surface area contributed by atoms with Crippen molar-refractivity contribution in [2.75, 3.05) is 45.4 Å². The van der Waals surface area contributed by atoms with E-state index in [1.807, 2.05) is 13.8 Å². The molecule has 0 fully saturated rings. The Morgan fingerprint density at radius 3 is 1.53 bits per heavy atom. The number of unbranched alkanes of at least 4 members (excludes halogenated alkanes) is 24. The highest BCUT2D eigenvalue weighted by atomic mass is 32.2. The lowest BCUT2D eigenvalue weighted by Gasteiger charge is -2.39. The maximum Gasteiger partial charge on any atom is 0.333 e. The number of carbonyl (C=O) groups excluding carboxylic acids is 5. The Morgan fingerprint density at radius 1 is 0.592 bits per heavy atom. The second-order valence-corrected chi connectivity index (χ2v) is 23.7. The molecule has 0 radical (unpaired) electrons. The Morgan fingerprint density at radius 2 is 1.05 bits per heavy atom. The molecular formula is C61H107NO13S. The smallest absolute Gasteiger partial charge is 0.333 e. The van der Waals surface area contributed by atoms with Gasteiger partial charge in [-0.05, 0) is 64.9 Å². The first kappa shape index (κ1) is 72.4. The molecule has 15 heteroatoms. The van der Waals surface area contributed by atoms with Gasteiger partial charge >= 0.3 is 29.8 Å². The number of carbonyl (C=O) groups is 5. The van der Waals surface area contributed by atoms with E-state index in [1.54, 1.807) is 20.8 Å². The van der Waals surface area contributed by atoms with Crippen LogP contribution in [0.4, 0.5) is 0 Å². The summed E-state index contributed by atoms with van der Waals surface area (Å²) in [6.07, 6.45) is 30.7. The number of rotatable bonds is 52. The van der Waals surface area contributed by atoms with Gasteiger partial charge in [-0.2, -0.15) is 10.1 Å². The average molecular weight is 1090 g/mol. The maximum absolute atomic E-state index is 14.0. The van der Waals surface area contributed by atoms with E-state index in [1.165, 1.54) is 141 Å². The number of aliphatic hydroxyl groups excluding tert-OH is 1. The molecule has 0 aliphatic rings. The number of thioether (sulfide) groups is 1. The molecule has 0 rings (SSSR count). The van der Waals surface area contributed by atoms with Gasteiger partial charge in [-0.3, -0.25) is 19.2 Å². The van der Waals surface area contributed by atoms with E-state index in [-0.39, 0.29) is 87.7 Å². The van der Waals surface area contributed by atoms with Crippen LogP contribution >= 0.6 is 11.8 Å². The molecule has 76 heavy (non-hydrogen) atoms. The number of nitriles is 1. The van der Waals surface area contributed by atoms with Gasteiger partial charge in [0.05, 0.1) is 42.5 Å². The fourth-order valence-electron chi connectivity index (χ4n) is 9.29. The lowest BCUT2D eigenvalue weighted by Crippen LogP contribution is -2.40. The largest absolute Gasteiger partial charge is 0.465 e. The van der Waals surface area contributed by atoms with Gasteiger partial charge in [0, 0.05) is 17.7 Å². The van der Waals surface area contributed by atoms with Gasteiger partial charge in [-0.1, -0.05) is 207 Å². The molecule has 0 saturated heterocycles. The van der Waals surface area contributed by atoms with Crippen molar-refractivity contribution >= 4 is 41.6 Å². The van der Waals surface area contributed by atoms with Crippen LogP contribution < -0.4 is 0 Å². The minimum Gasteiger partial charge on any atom is -0.465 e. The summed E-state index contributed by atoms with van der Waals surface area (Å²) >= 11 is 1.19. The van der Waals surface area contributed by atoms with Crippen molar-refractivity contribution in [2.24, 2.45) is 22.2 Å². The average Bonchev–Trinajstić information content (AvgIpc) is 3.37. The van der Waals surface area contributed by atoms with E-state index in [4.69, 9.17) is 33.5 Å². The number of hydrogen-bond acceptors (Lipinski definition) is 15. The van der Waals surface area contributed by atoms with Crippen LogP contribution in [0.25, 0.3) is 0 Å². The summed E-state index contributed by atoms with van der Waals surface area (Å²) < 4.78 is 27.0. The molecule has 0 amide bonds. The van der Waals surface area contributed by atoms with Crippen LogP contribution in [0, 0.1) is 33.5 Å². The molecule has 4 unspecified atom stereocenters. The van der Waals surface area contributed by atoms with Crippen LogP contribution in [0.15, 0.2) is 23.8 Å². The highest BCUT2D eigenvalue weighted by Gasteiger charge is 2.46. The van der Waals surface area contributed by atoms with E-state index in [2.05, 4.69) is 33.1 Å². The molecule has 0 saturated carbocycles. The van der Waals surface area contributed by atoms with Crippen LogP contribution in [0.5, 0.6) is 0 Å². The zero-order valence-electron chi connectivity index (χ0n) is 49.1. The van der Waals surface area contributed by atoms with Crippen molar-refractivity contribution in [3.05, 3.63) is 23.8 Å². The van der Waals surface area contributed by atoms with Crippen LogP contribution in [-0.2, 0) is 57.4 Å². The zero-order valence-corrected chi connectivity index (χ0v) is 50.0. The molecule has 0 aromatic heterocycles. The van der Waals surface area contributed by atoms with Crippen molar-refractivity contribution in [2.45, 2.75) is 261 Å². The standard InChI is InChI=1S/C61H107NO13S/c1-11-13-15-17-19-21-23-24-25-26-27-28-30-31-33-35-39-70-57(67)51(5)46-76-52(6)75-74-45-53(63)44-73-55(65)43-59(7,8)47-61(10,58(68)72-40-36-34-32-29-22-20-18-16-14-12-2)48-60(9,49-62)38-37-54(64)69-41-42-71-56(66)50(3)4/h51,53,63H,3,6,11-48H2,1-2,4-5,7-10H3. The van der Waals surface area contributed by atoms with E-state index in [9.17, 15) is 34.3 Å². The van der Waals surface area contributed by atoms with Crippen molar-refractivity contribution < 1.29 is 62.5 Å². The first-order valence-electron chi connectivity index (χ1n) is 29.4. The van der Waals surface area contributed by atoms with Crippen LogP contribution in [0.1, 0.15) is 254 Å². The summed E-state index contributed by atoms with van der Waals surface area (Å²) in [5, 5.41) is 21.1. The quantitative estimate of drug-likeness (QED) is 0.0115. The summed E-state index contributed by atoms with van der Waals surface area (Å²) in [6.45, 7) is 21.8. The summed E-state index contributed by atoms with van der Waals surface area (Å²) in [5.41, 5.74) is -2.99. The predicted molar refractivity (Wildman–Crippen MR) is 303 cm³/mol. The van der Waals surface area contributed by atoms with Crippen molar-refractivity contribution in [1.82, 2.24) is 0 Å². The van der Waals surface area contributed by atoms with E-state index >= 15 is 0 Å². The summed E-state index contributed by atoms with van der Waals surface area (Å²) in [7, 11) is 0. The van der Waals surface area contributed by atoms with Gasteiger partial charge in [0.2, 0.25) is 0 Å². The molecule has 14 nitrogen and oxygen atoms in total. The Bertz CT molecular complexity index is 1650. The number of nitrogens with zero attached hydrogens (tertiary/aromatic N) is 1. The monoisotopic (exact) mass is 1090 g/mol. The second kappa shape index (κ2) is 45.3. The van der Waals surface area contributed by atoms with Gasteiger partial charge < -0.3 is 33.7 Å². The minimum absolute atomic E-state index is 0.0393. The Hall–Kier alpha value is -3.61. The normalized spacial score (nSPS) is 13.8. The summed E-state index contributed by atoms with van der Waals surface area (Å²) in [5.74, 6) is -2.56. The Labute approximate surface area is 465 Å². The highest BCUT2D eigenvalue weighted by Crippen LogP contribution is 2.46. The molecule has 0 aliphatic heterocycles. The second-order valence-electron chi connectivity index (χ2n) is 22.6. The number of aliphatic hydroxyl groups is 1. The van der Waals surface area contributed by atoms with E-state index in [0.717, 1.165) is 38.5 Å². The van der Waals surface area contributed by atoms with E-state index < -0.39 is 46.2 Å². The topological polar surface area (TPSA) is 194 Å². The fraction of sp³-hybridized carbons (Fsp3) is 0.836. The third-order valence-corrected chi connectivity index (χ3v) is 14.6. The Balaban J connectivity index is 4.88. The predicted octanol–water partition coefficient (Wildman–Crippen LogP) is 15.1. The van der Waals surface area contributed by atoms with Crippen molar-refractivity contribution in [1.29, 1.82) is 5.26 Å². The molecule has 0 aromatic rings. The molecule has 0 bridgehead atoms. The summed E-state index contributed by atoms with van der Waals surface area (Å²) in [6, 6.07) is 2.31. The van der Waals surface area contributed by atoms with Gasteiger partial charge in [-0.25, -0.2) is 4.79 Å². The molecule has 0 aromatic carbocycles. The molecular weight excluding hydrogens is 987 g/mol. The molecule has 0 aliphatic carbocycles. The number of esters is 5. The molecule has 4 atom stereocenters. The maximum atomic E-state index is 14.0. The lowest BCUT2D eigenvalue weighted by atomic mass is 9.64.